The molecule has 0 aromatic carbocycles. The van der Waals surface area contributed by atoms with Crippen LogP contribution in [-0.4, -0.2) is 10.8 Å². The fraction of sp³-hybridized carbons (Fsp3) is 1.00. The van der Waals surface area contributed by atoms with Gasteiger partial charge in [0.1, 0.15) is 0 Å². The summed E-state index contributed by atoms with van der Waals surface area (Å²) in [6.07, 6.45) is 1.31. The number of hydrogen-bond donors (Lipinski definition) is 2. The van der Waals surface area contributed by atoms with Gasteiger partial charge in [-0.25, -0.2) is 0 Å². The van der Waals surface area contributed by atoms with Crippen molar-refractivity contribution in [3.63, 3.8) is 0 Å². The van der Waals surface area contributed by atoms with Crippen LogP contribution in [-0.2, 0) is 19.9 Å². The summed E-state index contributed by atoms with van der Waals surface area (Å²) in [6.45, 7) is 0. The molecule has 0 aliphatic heterocycles. The van der Waals surface area contributed by atoms with E-state index in [4.69, 9.17) is 9.33 Å². The molecule has 0 amide bonds. The Morgan fingerprint density at radius 2 is 2.00 bits per heavy atom. The molecule has 0 aromatic heterocycles. The highest BCUT2D eigenvalue weighted by molar-refractivity contribution is 8.29. The summed E-state index contributed by atoms with van der Waals surface area (Å²) in [5.74, 6) is 0. The first kappa shape index (κ1) is 5.33. The molecule has 5 heavy (non-hydrogen) atoms. The van der Waals surface area contributed by atoms with Crippen molar-refractivity contribution >= 4 is 19.9 Å². The first-order valence-electron chi connectivity index (χ1n) is 0.962. The maximum Gasteiger partial charge on any atom is 0.0263 e. The zero-order chi connectivity index (χ0) is 4.50. The molecule has 0 spiro atoms. The summed E-state index contributed by atoms with van der Waals surface area (Å²) in [4.78, 5) is 0. The van der Waals surface area contributed by atoms with Crippen LogP contribution in [0, 0.1) is 4.78 Å². The Bertz CT molecular complexity index is 92.8. The summed E-state index contributed by atoms with van der Waals surface area (Å²) in [5.41, 5.74) is 0. The lowest BCUT2D eigenvalue weighted by Gasteiger charge is -1.80. The van der Waals surface area contributed by atoms with Crippen LogP contribution in [0.25, 0.3) is 0 Å². The standard InChI is InChI=1S/CH5NOS2/c1-5(2,3)4/h1H3,(H2,2,3,4). The molecular weight excluding hydrogens is 106 g/mol. The first-order chi connectivity index (χ1) is 2.00. The minimum atomic E-state index is -2.33. The molecule has 1 atom stereocenters. The quantitative estimate of drug-likeness (QED) is 0.477. The minimum Gasteiger partial charge on any atom is -0.321 e. The average molecular weight is 111 g/mol. The molecule has 0 saturated carbocycles. The summed E-state index contributed by atoms with van der Waals surface area (Å²) >= 11 is 4.13. The van der Waals surface area contributed by atoms with Crippen molar-refractivity contribution < 1.29 is 4.55 Å². The SMILES string of the molecule is CS(=N)(O)=S. The summed E-state index contributed by atoms with van der Waals surface area (Å²) < 4.78 is 14.5. The van der Waals surface area contributed by atoms with E-state index in [-0.39, 0.29) is 0 Å². The van der Waals surface area contributed by atoms with Crippen LogP contribution in [0.3, 0.4) is 0 Å². The molecule has 0 aromatic rings. The van der Waals surface area contributed by atoms with Gasteiger partial charge in [0.15, 0.2) is 0 Å². The molecule has 2 nitrogen and oxygen atoms in total. The van der Waals surface area contributed by atoms with E-state index in [0.717, 1.165) is 0 Å². The van der Waals surface area contributed by atoms with Crippen LogP contribution in [0.1, 0.15) is 0 Å². The summed E-state index contributed by atoms with van der Waals surface area (Å²) in [6, 6.07) is 0. The average Bonchev–Trinajstić information content (AvgIpc) is 0.722. The van der Waals surface area contributed by atoms with Crippen LogP contribution < -0.4 is 0 Å². The molecule has 0 fully saturated rings. The van der Waals surface area contributed by atoms with E-state index in [1.165, 1.54) is 6.26 Å². The van der Waals surface area contributed by atoms with Crippen LogP contribution in [0.2, 0.25) is 0 Å². The molecule has 0 rings (SSSR count). The second-order valence-electron chi connectivity index (χ2n) is 0.803. The third kappa shape index (κ3) is 216. The Morgan fingerprint density at radius 3 is 2.00 bits per heavy atom. The highest BCUT2D eigenvalue weighted by atomic mass is 32.8. The highest BCUT2D eigenvalue weighted by Gasteiger charge is 1.68. The second-order valence-corrected chi connectivity index (χ2v) is 4.35. The van der Waals surface area contributed by atoms with Gasteiger partial charge in [0.25, 0.3) is 0 Å². The molecular formula is CH5NOS2. The van der Waals surface area contributed by atoms with Gasteiger partial charge < -0.3 is 4.55 Å². The fourth-order valence-corrected chi connectivity index (χ4v) is 0. The fourth-order valence-electron chi connectivity index (χ4n) is 0. The summed E-state index contributed by atoms with van der Waals surface area (Å²) in [5, 5.41) is 0. The Balaban J connectivity index is 4.06. The maximum absolute atomic E-state index is 8.09. The van der Waals surface area contributed by atoms with Gasteiger partial charge in [0, 0.05) is 14.9 Å². The molecule has 4 heteroatoms. The second kappa shape index (κ2) is 1.20. The Hall–Kier alpha value is 0.330. The van der Waals surface area contributed by atoms with Gasteiger partial charge in [-0.15, -0.1) is 0 Å². The highest BCUT2D eigenvalue weighted by Crippen LogP contribution is 1.66. The van der Waals surface area contributed by atoms with Crippen LogP contribution in [0.4, 0.5) is 0 Å². The van der Waals surface area contributed by atoms with Gasteiger partial charge >= 0.3 is 0 Å². The lowest BCUT2D eigenvalue weighted by atomic mass is 12.0. The van der Waals surface area contributed by atoms with Gasteiger partial charge in [-0.2, -0.15) is 0 Å². The van der Waals surface area contributed by atoms with E-state index >= 15 is 0 Å². The lowest BCUT2D eigenvalue weighted by Crippen LogP contribution is -1.81. The molecule has 0 saturated heterocycles. The zero-order valence-corrected chi connectivity index (χ0v) is 4.40. The van der Waals surface area contributed by atoms with Gasteiger partial charge in [-0.05, 0) is 11.2 Å². The van der Waals surface area contributed by atoms with Gasteiger partial charge in [-0.3, -0.25) is 4.78 Å². The van der Waals surface area contributed by atoms with E-state index in [1.54, 1.807) is 0 Å². The van der Waals surface area contributed by atoms with Crippen molar-refractivity contribution in [3.05, 3.63) is 0 Å². The normalized spacial score (nSPS) is 21.2. The number of hydrogen-bond acceptors (Lipinski definition) is 2. The van der Waals surface area contributed by atoms with E-state index in [0.29, 0.717) is 0 Å². The number of nitrogens with one attached hydrogen (secondary N) is 1. The van der Waals surface area contributed by atoms with Gasteiger partial charge in [-0.1, -0.05) is 0 Å². The molecule has 0 heterocycles. The monoisotopic (exact) mass is 111 g/mol. The van der Waals surface area contributed by atoms with Crippen molar-refractivity contribution in [1.29, 1.82) is 4.78 Å². The van der Waals surface area contributed by atoms with Crippen molar-refractivity contribution in [3.8, 4) is 0 Å². The summed E-state index contributed by atoms with van der Waals surface area (Å²) in [7, 11) is -2.33. The number of rotatable bonds is 0. The predicted octanol–water partition coefficient (Wildman–Crippen LogP) is 0.467. The molecule has 0 aliphatic carbocycles. The largest absolute Gasteiger partial charge is 0.321 e. The predicted molar refractivity (Wildman–Crippen MR) is 26.0 cm³/mol. The van der Waals surface area contributed by atoms with E-state index in [1.807, 2.05) is 0 Å². The Morgan fingerprint density at radius 1 is 2.00 bits per heavy atom. The molecule has 0 bridgehead atoms. The van der Waals surface area contributed by atoms with Crippen LogP contribution in [0.15, 0.2) is 0 Å². The molecule has 0 radical (unpaired) electrons. The zero-order valence-electron chi connectivity index (χ0n) is 2.76. The smallest absolute Gasteiger partial charge is 0.0263 e. The topological polar surface area (TPSA) is 44.1 Å². The first-order valence-corrected chi connectivity index (χ1v) is 3.88. The van der Waals surface area contributed by atoms with Crippen molar-refractivity contribution in [1.82, 2.24) is 0 Å². The molecule has 32 valence electrons. The van der Waals surface area contributed by atoms with E-state index in [2.05, 4.69) is 11.2 Å². The Kier molecular flexibility index (Phi) is 1.28. The van der Waals surface area contributed by atoms with Gasteiger partial charge in [0.05, 0.1) is 0 Å². The van der Waals surface area contributed by atoms with E-state index < -0.39 is 8.66 Å². The minimum absolute atomic E-state index is 1.31. The van der Waals surface area contributed by atoms with Crippen molar-refractivity contribution in [2.45, 2.75) is 0 Å². The third-order valence-electron chi connectivity index (χ3n) is 0. The lowest BCUT2D eigenvalue weighted by molar-refractivity contribution is 0.649. The molecule has 1 unspecified atom stereocenters. The van der Waals surface area contributed by atoms with Crippen molar-refractivity contribution in [2.24, 2.45) is 0 Å². The molecule has 2 N–H and O–H groups in total. The molecule has 0 aliphatic rings. The van der Waals surface area contributed by atoms with E-state index in [9.17, 15) is 0 Å². The Labute approximate surface area is 36.1 Å². The van der Waals surface area contributed by atoms with Crippen molar-refractivity contribution in [2.75, 3.05) is 6.26 Å². The van der Waals surface area contributed by atoms with Crippen LogP contribution in [0.5, 0.6) is 0 Å². The third-order valence-corrected chi connectivity index (χ3v) is 0. The van der Waals surface area contributed by atoms with Crippen LogP contribution >= 0.6 is 0 Å². The van der Waals surface area contributed by atoms with Gasteiger partial charge in [0.2, 0.25) is 0 Å². The maximum atomic E-state index is 8.09.